The van der Waals surface area contributed by atoms with E-state index in [1.54, 1.807) is 0 Å². The van der Waals surface area contributed by atoms with E-state index in [4.69, 9.17) is 8.83 Å². The molecule has 4 heterocycles. The molecule has 1 aliphatic rings. The van der Waals surface area contributed by atoms with Crippen LogP contribution in [0, 0.1) is 13.8 Å². The normalized spacial score (nSPS) is 15.8. The van der Waals surface area contributed by atoms with Crippen LogP contribution in [0.1, 0.15) is 17.2 Å². The molecule has 0 aliphatic carbocycles. The molecule has 0 bridgehead atoms. The predicted molar refractivity (Wildman–Crippen MR) is 72.0 cm³/mol. The summed E-state index contributed by atoms with van der Waals surface area (Å²) in [6, 6.07) is 5.90. The van der Waals surface area contributed by atoms with Gasteiger partial charge in [-0.1, -0.05) is 0 Å². The first-order chi connectivity index (χ1) is 9.17. The Morgan fingerprint density at radius 3 is 2.74 bits per heavy atom. The van der Waals surface area contributed by atoms with E-state index in [0.29, 0.717) is 0 Å². The van der Waals surface area contributed by atoms with Crippen molar-refractivity contribution in [3.05, 3.63) is 51.9 Å². The Kier molecular flexibility index (Phi) is 1.93. The van der Waals surface area contributed by atoms with Gasteiger partial charge in [0.1, 0.15) is 16.9 Å². The lowest BCUT2D eigenvalue weighted by atomic mass is 10.3. The summed E-state index contributed by atoms with van der Waals surface area (Å²) in [5.41, 5.74) is 4.57. The summed E-state index contributed by atoms with van der Waals surface area (Å²) in [5, 5.41) is 0.898. The van der Waals surface area contributed by atoms with Crippen LogP contribution in [0.25, 0.3) is 23.3 Å². The Balaban J connectivity index is 1.77. The quantitative estimate of drug-likeness (QED) is 0.723. The summed E-state index contributed by atoms with van der Waals surface area (Å²) in [4.78, 5) is 7.79. The van der Waals surface area contributed by atoms with Crippen molar-refractivity contribution in [2.45, 2.75) is 13.8 Å². The van der Waals surface area contributed by atoms with Gasteiger partial charge in [0.05, 0.1) is 11.2 Å². The number of aromatic nitrogens is 1. The zero-order valence-electron chi connectivity index (χ0n) is 10.7. The topological polar surface area (TPSA) is 54.4 Å². The maximum absolute atomic E-state index is 5.56. The lowest BCUT2D eigenvalue weighted by Gasteiger charge is -1.89. The molecular formula is C15H12N2O2. The van der Waals surface area contributed by atoms with Crippen LogP contribution in [0.15, 0.2) is 37.7 Å². The summed E-state index contributed by atoms with van der Waals surface area (Å²) in [7, 11) is 0. The van der Waals surface area contributed by atoms with Gasteiger partial charge in [0.25, 0.3) is 0 Å². The highest BCUT2D eigenvalue weighted by Gasteiger charge is 2.08. The first kappa shape index (κ1) is 10.4. The van der Waals surface area contributed by atoms with Crippen molar-refractivity contribution in [1.29, 1.82) is 0 Å². The van der Waals surface area contributed by atoms with Crippen LogP contribution >= 0.6 is 0 Å². The van der Waals surface area contributed by atoms with Gasteiger partial charge in [0, 0.05) is 30.0 Å². The average molecular weight is 252 g/mol. The average Bonchev–Trinajstić information content (AvgIpc) is 2.97. The molecule has 19 heavy (non-hydrogen) atoms. The van der Waals surface area contributed by atoms with Crippen molar-refractivity contribution in [3.63, 3.8) is 0 Å². The molecule has 3 aromatic heterocycles. The summed E-state index contributed by atoms with van der Waals surface area (Å²) >= 11 is 0. The van der Waals surface area contributed by atoms with Crippen LogP contribution in [-0.2, 0) is 0 Å². The largest absolute Gasteiger partial charge is 0.460 e. The number of rotatable bonds is 1. The molecule has 4 nitrogen and oxygen atoms in total. The predicted octanol–water partition coefficient (Wildman–Crippen LogP) is 2.43. The molecule has 0 saturated heterocycles. The number of nitrogens with zero attached hydrogens (tertiary/aromatic N) is 1. The molecule has 3 aromatic rings. The number of H-pyrrole nitrogens is 1. The molecule has 1 aliphatic heterocycles. The molecule has 0 amide bonds. The van der Waals surface area contributed by atoms with Gasteiger partial charge in [-0.15, -0.1) is 0 Å². The second-order valence-electron chi connectivity index (χ2n) is 4.79. The van der Waals surface area contributed by atoms with Crippen molar-refractivity contribution in [2.75, 3.05) is 0 Å². The van der Waals surface area contributed by atoms with Gasteiger partial charge in [-0.25, -0.2) is 4.99 Å². The molecule has 94 valence electrons. The molecule has 0 spiro atoms. The van der Waals surface area contributed by atoms with Gasteiger partial charge in [0.2, 0.25) is 0 Å². The second kappa shape index (κ2) is 3.51. The van der Waals surface area contributed by atoms with Gasteiger partial charge >= 0.3 is 0 Å². The van der Waals surface area contributed by atoms with Crippen molar-refractivity contribution in [1.82, 2.24) is 4.98 Å². The number of hydrogen-bond acceptors (Lipinski definition) is 3. The fourth-order valence-electron chi connectivity index (χ4n) is 2.40. The Hall–Kier alpha value is -2.49. The standard InChI is InChI=1S/C15H12N2O2/c1-8-3-12-14(18-8)6-10(16-12)5-11-7-15-13(17-11)4-9(2)19-15/h3-7,16H,1-2H3/b11-5-. The number of allylic oxidation sites excluding steroid dienone is 1. The van der Waals surface area contributed by atoms with Crippen molar-refractivity contribution < 1.29 is 8.83 Å². The number of hydrogen-bond donors (Lipinski definition) is 1. The Labute approximate surface area is 108 Å². The molecular weight excluding hydrogens is 240 g/mol. The molecule has 0 atom stereocenters. The van der Waals surface area contributed by atoms with Gasteiger partial charge in [-0.3, -0.25) is 0 Å². The molecule has 4 heteroatoms. The highest BCUT2D eigenvalue weighted by molar-refractivity contribution is 5.79. The number of fused-ring (bicyclic) bond motifs is 2. The zero-order valence-corrected chi connectivity index (χ0v) is 10.7. The lowest BCUT2D eigenvalue weighted by Crippen LogP contribution is -2.14. The van der Waals surface area contributed by atoms with E-state index >= 15 is 0 Å². The van der Waals surface area contributed by atoms with Crippen molar-refractivity contribution >= 4 is 23.3 Å². The fraction of sp³-hybridized carbons (Fsp3) is 0.133. The van der Waals surface area contributed by atoms with E-state index in [9.17, 15) is 0 Å². The molecule has 0 unspecified atom stereocenters. The first-order valence-electron chi connectivity index (χ1n) is 6.15. The minimum atomic E-state index is 0.829. The lowest BCUT2D eigenvalue weighted by molar-refractivity contribution is 0.502. The van der Waals surface area contributed by atoms with Crippen LogP contribution in [0.3, 0.4) is 0 Å². The van der Waals surface area contributed by atoms with Gasteiger partial charge in [-0.05, 0) is 19.9 Å². The highest BCUT2D eigenvalue weighted by Crippen LogP contribution is 2.21. The SMILES string of the molecule is Cc1cc2c(o1)=C/C(=C/c1cc3oc(C)cc3[nH]1)N=2. The minimum absolute atomic E-state index is 0.829. The summed E-state index contributed by atoms with van der Waals surface area (Å²) in [5.74, 6) is 1.80. The Morgan fingerprint density at radius 2 is 1.95 bits per heavy atom. The van der Waals surface area contributed by atoms with E-state index in [1.165, 1.54) is 0 Å². The molecule has 0 fully saturated rings. The van der Waals surface area contributed by atoms with Crippen LogP contribution in [0.5, 0.6) is 0 Å². The fourth-order valence-corrected chi connectivity index (χ4v) is 2.40. The molecule has 4 rings (SSSR count). The van der Waals surface area contributed by atoms with Crippen LogP contribution in [0.4, 0.5) is 0 Å². The number of aryl methyl sites for hydroxylation is 2. The monoisotopic (exact) mass is 252 g/mol. The van der Waals surface area contributed by atoms with Crippen LogP contribution < -0.4 is 10.8 Å². The van der Waals surface area contributed by atoms with E-state index in [0.717, 1.165) is 44.8 Å². The maximum atomic E-state index is 5.56. The molecule has 1 N–H and O–H groups in total. The zero-order chi connectivity index (χ0) is 13.0. The third kappa shape index (κ3) is 1.64. The Morgan fingerprint density at radius 1 is 1.11 bits per heavy atom. The third-order valence-corrected chi connectivity index (χ3v) is 3.14. The van der Waals surface area contributed by atoms with E-state index in [2.05, 4.69) is 9.98 Å². The Bertz CT molecular complexity index is 868. The highest BCUT2D eigenvalue weighted by atomic mass is 16.3. The maximum Gasteiger partial charge on any atom is 0.154 e. The molecule has 0 saturated carbocycles. The summed E-state index contributed by atoms with van der Waals surface area (Å²) in [6.45, 7) is 3.86. The third-order valence-electron chi connectivity index (χ3n) is 3.14. The number of furan rings is 2. The molecule has 0 radical (unpaired) electrons. The number of nitrogens with one attached hydrogen (secondary N) is 1. The van der Waals surface area contributed by atoms with Crippen molar-refractivity contribution in [3.8, 4) is 0 Å². The van der Waals surface area contributed by atoms with E-state index < -0.39 is 0 Å². The van der Waals surface area contributed by atoms with Gasteiger partial charge in [-0.2, -0.15) is 0 Å². The summed E-state index contributed by atoms with van der Waals surface area (Å²) in [6.07, 6.45) is 3.92. The second-order valence-corrected chi connectivity index (χ2v) is 4.79. The van der Waals surface area contributed by atoms with Gasteiger partial charge < -0.3 is 13.8 Å². The van der Waals surface area contributed by atoms with E-state index in [-0.39, 0.29) is 0 Å². The smallest absolute Gasteiger partial charge is 0.154 e. The van der Waals surface area contributed by atoms with Gasteiger partial charge in [0.15, 0.2) is 11.0 Å². The first-order valence-corrected chi connectivity index (χ1v) is 6.15. The van der Waals surface area contributed by atoms with E-state index in [1.807, 2.05) is 44.2 Å². The molecule has 0 aromatic carbocycles. The minimum Gasteiger partial charge on any atom is -0.460 e. The summed E-state index contributed by atoms with van der Waals surface area (Å²) < 4.78 is 11.1. The van der Waals surface area contributed by atoms with Crippen LogP contribution in [0.2, 0.25) is 0 Å². The number of aromatic amines is 1. The van der Waals surface area contributed by atoms with Crippen LogP contribution in [-0.4, -0.2) is 4.98 Å². The van der Waals surface area contributed by atoms with Crippen molar-refractivity contribution in [2.24, 2.45) is 4.99 Å².